The minimum Gasteiger partial charge on any atom is -0.351 e. The third-order valence-electron chi connectivity index (χ3n) is 8.15. The van der Waals surface area contributed by atoms with Gasteiger partial charge in [-0.2, -0.15) is 13.2 Å². The summed E-state index contributed by atoms with van der Waals surface area (Å²) in [4.78, 5) is 58.5. The number of carbonyl (C=O) groups is 4. The fourth-order valence-corrected chi connectivity index (χ4v) is 5.67. The van der Waals surface area contributed by atoms with Gasteiger partial charge in [0.05, 0.1) is 30.6 Å². The zero-order chi connectivity index (χ0) is 34.1. The molecule has 0 spiro atoms. The molecule has 0 aliphatic carbocycles. The lowest BCUT2D eigenvalue weighted by Crippen LogP contribution is -2.71. The van der Waals surface area contributed by atoms with Crippen LogP contribution in [0.25, 0.3) is 10.9 Å². The van der Waals surface area contributed by atoms with Crippen LogP contribution in [0.3, 0.4) is 0 Å². The lowest BCUT2D eigenvalue weighted by molar-refractivity contribution is -0.155. The van der Waals surface area contributed by atoms with Crippen LogP contribution in [0.1, 0.15) is 56.2 Å². The number of H-pyrrole nitrogens is 1. The highest BCUT2D eigenvalue weighted by Crippen LogP contribution is 2.32. The summed E-state index contributed by atoms with van der Waals surface area (Å²) in [7, 11) is 0. The van der Waals surface area contributed by atoms with Crippen LogP contribution in [-0.2, 0) is 27.0 Å². The summed E-state index contributed by atoms with van der Waals surface area (Å²) >= 11 is 5.99. The van der Waals surface area contributed by atoms with Crippen LogP contribution in [-0.4, -0.2) is 76.2 Å². The first-order valence-corrected chi connectivity index (χ1v) is 15.1. The van der Waals surface area contributed by atoms with Gasteiger partial charge in [0.15, 0.2) is 0 Å². The predicted molar refractivity (Wildman–Crippen MR) is 164 cm³/mol. The molecule has 3 aromatic rings. The van der Waals surface area contributed by atoms with E-state index in [9.17, 15) is 36.7 Å². The Kier molecular flexibility index (Phi) is 10.0. The summed E-state index contributed by atoms with van der Waals surface area (Å²) in [6.07, 6.45) is -5.04. The van der Waals surface area contributed by atoms with Gasteiger partial charge in [-0.25, -0.2) is 4.39 Å². The Balaban J connectivity index is 1.36. The van der Waals surface area contributed by atoms with E-state index in [2.05, 4.69) is 15.6 Å². The molecule has 1 aliphatic rings. The molecular weight excluding hydrogens is 630 g/mol. The van der Waals surface area contributed by atoms with E-state index in [1.807, 2.05) is 20.8 Å². The molecule has 2 heterocycles. The summed E-state index contributed by atoms with van der Waals surface area (Å²) in [6, 6.07) is 6.62. The summed E-state index contributed by atoms with van der Waals surface area (Å²) in [5, 5.41) is 5.78. The van der Waals surface area contributed by atoms with Gasteiger partial charge in [0.25, 0.3) is 5.91 Å². The molecule has 0 saturated carbocycles. The number of aromatic nitrogens is 1. The topological polar surface area (TPSA) is 115 Å². The van der Waals surface area contributed by atoms with Gasteiger partial charge in [-0.15, -0.1) is 0 Å². The van der Waals surface area contributed by atoms with Gasteiger partial charge in [-0.1, -0.05) is 32.4 Å². The first kappa shape index (κ1) is 34.7. The zero-order valence-corrected chi connectivity index (χ0v) is 26.8. The number of carbonyl (C=O) groups excluding carboxylic acids is 4. The monoisotopic (exact) mass is 665 g/mol. The molecule has 0 bridgehead atoms. The van der Waals surface area contributed by atoms with Crippen molar-refractivity contribution < 1.29 is 36.7 Å². The molecule has 3 N–H and O–H groups in total. The van der Waals surface area contributed by atoms with Crippen molar-refractivity contribution in [2.45, 2.75) is 65.3 Å². The first-order valence-electron chi connectivity index (χ1n) is 14.7. The fraction of sp³-hybridized carbons (Fsp3) is 0.438. The van der Waals surface area contributed by atoms with Crippen LogP contribution in [0.5, 0.6) is 0 Å². The molecule has 4 rings (SSSR count). The summed E-state index contributed by atoms with van der Waals surface area (Å²) < 4.78 is 52.8. The summed E-state index contributed by atoms with van der Waals surface area (Å²) in [5.74, 6) is -2.40. The second kappa shape index (κ2) is 13.3. The second-order valence-corrected chi connectivity index (χ2v) is 12.8. The van der Waals surface area contributed by atoms with Crippen LogP contribution in [0.2, 0.25) is 5.02 Å². The van der Waals surface area contributed by atoms with E-state index in [1.165, 1.54) is 29.2 Å². The Labute approximate surface area is 268 Å². The van der Waals surface area contributed by atoms with Gasteiger partial charge in [0, 0.05) is 29.0 Å². The number of nitrogens with zero attached hydrogens (tertiary/aromatic N) is 2. The number of hydrogen-bond donors (Lipinski definition) is 3. The molecule has 0 radical (unpaired) electrons. The zero-order valence-electron chi connectivity index (χ0n) is 26.0. The quantitative estimate of drug-likeness (QED) is 0.281. The molecule has 248 valence electrons. The highest BCUT2D eigenvalue weighted by molar-refractivity contribution is 6.31. The van der Waals surface area contributed by atoms with E-state index in [0.717, 1.165) is 18.2 Å². The van der Waals surface area contributed by atoms with Gasteiger partial charge in [0.1, 0.15) is 17.6 Å². The lowest BCUT2D eigenvalue weighted by atomic mass is 9.83. The van der Waals surface area contributed by atoms with Crippen molar-refractivity contribution in [3.63, 3.8) is 0 Å². The average Bonchev–Trinajstić information content (AvgIpc) is 3.39. The Bertz CT molecular complexity index is 1650. The molecule has 1 unspecified atom stereocenters. The van der Waals surface area contributed by atoms with E-state index in [0.29, 0.717) is 10.9 Å². The number of nitrogens with one attached hydrogen (secondary N) is 3. The van der Waals surface area contributed by atoms with E-state index < -0.39 is 65.7 Å². The minimum atomic E-state index is -4.60. The van der Waals surface area contributed by atoms with Crippen molar-refractivity contribution in [3.05, 3.63) is 70.1 Å². The number of alkyl halides is 3. The maximum absolute atomic E-state index is 13.7. The highest BCUT2D eigenvalue weighted by Gasteiger charge is 2.47. The average molecular weight is 666 g/mol. The fourth-order valence-electron chi connectivity index (χ4n) is 5.48. The Morgan fingerprint density at radius 1 is 1.09 bits per heavy atom. The first-order chi connectivity index (χ1) is 21.4. The van der Waals surface area contributed by atoms with Crippen molar-refractivity contribution in [3.8, 4) is 0 Å². The smallest absolute Gasteiger partial charge is 0.351 e. The van der Waals surface area contributed by atoms with Crippen LogP contribution < -0.4 is 10.6 Å². The normalized spacial score (nSPS) is 17.3. The van der Waals surface area contributed by atoms with E-state index in [1.54, 1.807) is 18.7 Å². The number of aromatic amines is 1. The summed E-state index contributed by atoms with van der Waals surface area (Å²) in [6.45, 7) is 9.07. The molecule has 46 heavy (non-hydrogen) atoms. The number of rotatable bonds is 9. The highest BCUT2D eigenvalue weighted by atomic mass is 35.5. The van der Waals surface area contributed by atoms with Gasteiger partial charge >= 0.3 is 6.18 Å². The SMILES string of the molecule is CCN(C(=O)CNC(=O)Cc1cc(C(F)(F)F)ccc1Cl)[C@@H]1CN(C(=O)[C@@H](NC(=O)c2cc3cc(F)ccc3[nH]2)C(C)(C)C)C1C. The molecule has 4 amide bonds. The predicted octanol–water partition coefficient (Wildman–Crippen LogP) is 4.93. The Morgan fingerprint density at radius 3 is 2.39 bits per heavy atom. The van der Waals surface area contributed by atoms with E-state index >= 15 is 0 Å². The molecule has 1 fully saturated rings. The number of likely N-dealkylation sites (tertiary alicyclic amines) is 1. The van der Waals surface area contributed by atoms with Crippen LogP contribution >= 0.6 is 11.6 Å². The maximum atomic E-state index is 13.7. The standard InChI is InChI=1S/C32H36ClF4N5O4/c1-6-41(27(44)15-38-26(43)14-18-11-20(32(35,36)37)7-9-22(18)33)25-16-42(17(25)2)30(46)28(31(3,4)5)40-29(45)24-13-19-12-21(34)8-10-23(19)39-24/h7-13,17,25,28,39H,6,14-16H2,1-5H3,(H,38,43)(H,40,45)/t17?,25-,28-/m1/s1. The van der Waals surface area contributed by atoms with Crippen molar-refractivity contribution >= 4 is 46.1 Å². The third kappa shape index (κ3) is 7.63. The van der Waals surface area contributed by atoms with Gasteiger partial charge in [-0.05, 0) is 67.3 Å². The molecule has 14 heteroatoms. The van der Waals surface area contributed by atoms with E-state index in [4.69, 9.17) is 11.6 Å². The number of fused-ring (bicyclic) bond motifs is 1. The molecule has 2 aromatic carbocycles. The molecule has 1 saturated heterocycles. The summed E-state index contributed by atoms with van der Waals surface area (Å²) in [5.41, 5.74) is -0.882. The van der Waals surface area contributed by atoms with Crippen LogP contribution in [0.4, 0.5) is 17.6 Å². The number of amides is 4. The van der Waals surface area contributed by atoms with Crippen molar-refractivity contribution in [1.29, 1.82) is 0 Å². The minimum absolute atomic E-state index is 0.000761. The maximum Gasteiger partial charge on any atom is 0.416 e. The number of benzene rings is 2. The van der Waals surface area contributed by atoms with Crippen LogP contribution in [0, 0.1) is 11.2 Å². The van der Waals surface area contributed by atoms with Crippen molar-refractivity contribution in [2.75, 3.05) is 19.6 Å². The van der Waals surface area contributed by atoms with Crippen molar-refractivity contribution in [1.82, 2.24) is 25.4 Å². The molecule has 1 aliphatic heterocycles. The van der Waals surface area contributed by atoms with Gasteiger partial charge in [-0.3, -0.25) is 19.2 Å². The molecule has 1 aromatic heterocycles. The van der Waals surface area contributed by atoms with Gasteiger partial charge < -0.3 is 25.4 Å². The molecular formula is C32H36ClF4N5O4. The number of hydrogen-bond acceptors (Lipinski definition) is 4. The Morgan fingerprint density at radius 2 is 1.78 bits per heavy atom. The Hall–Kier alpha value is -4.13. The molecule has 3 atom stereocenters. The largest absolute Gasteiger partial charge is 0.416 e. The second-order valence-electron chi connectivity index (χ2n) is 12.4. The number of likely N-dealkylation sites (N-methyl/N-ethyl adjacent to an activating group) is 1. The molecule has 9 nitrogen and oxygen atoms in total. The lowest BCUT2D eigenvalue weighted by Gasteiger charge is -2.52. The van der Waals surface area contributed by atoms with Crippen LogP contribution in [0.15, 0.2) is 42.5 Å². The third-order valence-corrected chi connectivity index (χ3v) is 8.52. The van der Waals surface area contributed by atoms with Gasteiger partial charge in [0.2, 0.25) is 17.7 Å². The van der Waals surface area contributed by atoms with E-state index in [-0.39, 0.29) is 41.3 Å². The van der Waals surface area contributed by atoms with Crippen molar-refractivity contribution in [2.24, 2.45) is 5.41 Å². The number of halogens is 5.